The van der Waals surface area contributed by atoms with Crippen LogP contribution in [0.2, 0.25) is 0 Å². The summed E-state index contributed by atoms with van der Waals surface area (Å²) in [6.07, 6.45) is 4.35. The summed E-state index contributed by atoms with van der Waals surface area (Å²) in [6, 6.07) is 6.30. The van der Waals surface area contributed by atoms with Crippen LogP contribution >= 0.6 is 0 Å². The number of aryl methyl sites for hydroxylation is 1. The van der Waals surface area contributed by atoms with E-state index in [0.717, 1.165) is 41.8 Å². The van der Waals surface area contributed by atoms with Crippen LogP contribution in [0.4, 0.5) is 0 Å². The molecule has 0 aliphatic carbocycles. The Balaban J connectivity index is 1.60. The summed E-state index contributed by atoms with van der Waals surface area (Å²) in [5.41, 5.74) is 3.28. The number of hydrogen-bond donors (Lipinski definition) is 0. The van der Waals surface area contributed by atoms with Crippen LogP contribution in [-0.4, -0.2) is 23.4 Å². The van der Waals surface area contributed by atoms with Crippen LogP contribution in [0, 0.1) is 0 Å². The standard InChI is InChI=1S/C17H18N2O3/c1-2-11-3-4-15-14(7-11)13(10-21-15)8-16-18-17(19-22-16)12-5-6-20-9-12/h3-4,7,10,12H,2,5-6,8-9H2,1H3/t12-/m1/s1. The van der Waals surface area contributed by atoms with Crippen molar-refractivity contribution < 1.29 is 13.7 Å². The van der Waals surface area contributed by atoms with Crippen molar-refractivity contribution in [1.82, 2.24) is 10.1 Å². The van der Waals surface area contributed by atoms with Crippen molar-refractivity contribution in [2.45, 2.75) is 32.1 Å². The molecule has 0 N–H and O–H groups in total. The molecule has 5 heteroatoms. The molecule has 1 aromatic carbocycles. The number of rotatable bonds is 4. The maximum absolute atomic E-state index is 5.62. The van der Waals surface area contributed by atoms with E-state index < -0.39 is 0 Å². The molecule has 1 aliphatic heterocycles. The predicted octanol–water partition coefficient (Wildman–Crippen LogP) is 3.47. The summed E-state index contributed by atoms with van der Waals surface area (Å²) in [4.78, 5) is 4.52. The Hall–Kier alpha value is -2.14. The number of aromatic nitrogens is 2. The molecule has 1 fully saturated rings. The zero-order valence-corrected chi connectivity index (χ0v) is 12.5. The molecule has 0 unspecified atom stereocenters. The zero-order chi connectivity index (χ0) is 14.9. The lowest BCUT2D eigenvalue weighted by molar-refractivity contribution is 0.192. The highest BCUT2D eigenvalue weighted by molar-refractivity contribution is 5.82. The Bertz CT molecular complexity index is 784. The Morgan fingerprint density at radius 2 is 2.27 bits per heavy atom. The summed E-state index contributed by atoms with van der Waals surface area (Å²) in [6.45, 7) is 3.61. The van der Waals surface area contributed by atoms with Gasteiger partial charge in [-0.1, -0.05) is 18.1 Å². The van der Waals surface area contributed by atoms with Crippen LogP contribution in [0.3, 0.4) is 0 Å². The monoisotopic (exact) mass is 298 g/mol. The first-order valence-corrected chi connectivity index (χ1v) is 7.72. The Morgan fingerprint density at radius 1 is 1.32 bits per heavy atom. The molecule has 0 spiro atoms. The van der Waals surface area contributed by atoms with E-state index in [4.69, 9.17) is 13.7 Å². The van der Waals surface area contributed by atoms with Gasteiger partial charge >= 0.3 is 0 Å². The van der Waals surface area contributed by atoms with Crippen molar-refractivity contribution >= 4 is 11.0 Å². The first-order valence-electron chi connectivity index (χ1n) is 7.72. The second kappa shape index (κ2) is 5.57. The Morgan fingerprint density at radius 3 is 3.09 bits per heavy atom. The summed E-state index contributed by atoms with van der Waals surface area (Å²) in [5, 5.41) is 5.22. The summed E-state index contributed by atoms with van der Waals surface area (Å²) >= 11 is 0. The Kier molecular flexibility index (Phi) is 3.42. The van der Waals surface area contributed by atoms with Crippen LogP contribution in [0.5, 0.6) is 0 Å². The molecule has 0 radical (unpaired) electrons. The molecule has 0 saturated carbocycles. The molecule has 3 aromatic rings. The molecular formula is C17H18N2O3. The topological polar surface area (TPSA) is 61.3 Å². The largest absolute Gasteiger partial charge is 0.464 e. The molecule has 1 atom stereocenters. The van der Waals surface area contributed by atoms with E-state index >= 15 is 0 Å². The second-order valence-corrected chi connectivity index (χ2v) is 5.73. The van der Waals surface area contributed by atoms with Gasteiger partial charge in [0.1, 0.15) is 5.58 Å². The van der Waals surface area contributed by atoms with Crippen molar-refractivity contribution in [1.29, 1.82) is 0 Å². The van der Waals surface area contributed by atoms with E-state index in [-0.39, 0.29) is 5.92 Å². The highest BCUT2D eigenvalue weighted by atomic mass is 16.5. The fraction of sp³-hybridized carbons (Fsp3) is 0.412. The molecule has 0 bridgehead atoms. The molecule has 2 aromatic heterocycles. The van der Waals surface area contributed by atoms with Gasteiger partial charge in [0.2, 0.25) is 5.89 Å². The van der Waals surface area contributed by atoms with Crippen molar-refractivity contribution in [2.24, 2.45) is 0 Å². The number of furan rings is 1. The fourth-order valence-electron chi connectivity index (χ4n) is 2.89. The number of nitrogens with zero attached hydrogens (tertiary/aromatic N) is 2. The van der Waals surface area contributed by atoms with Gasteiger partial charge in [0.25, 0.3) is 0 Å². The summed E-state index contributed by atoms with van der Waals surface area (Å²) in [7, 11) is 0. The maximum atomic E-state index is 5.62. The van der Waals surface area contributed by atoms with Gasteiger partial charge in [-0.05, 0) is 30.5 Å². The van der Waals surface area contributed by atoms with Crippen molar-refractivity contribution in [2.75, 3.05) is 13.2 Å². The van der Waals surface area contributed by atoms with Crippen LogP contribution in [0.1, 0.15) is 42.1 Å². The smallest absolute Gasteiger partial charge is 0.231 e. The quantitative estimate of drug-likeness (QED) is 0.738. The van der Waals surface area contributed by atoms with E-state index in [1.54, 1.807) is 6.26 Å². The molecule has 1 saturated heterocycles. The zero-order valence-electron chi connectivity index (χ0n) is 12.5. The SMILES string of the molecule is CCc1ccc2occ(Cc3nc([C@@H]4CCOC4)no3)c2c1. The molecule has 22 heavy (non-hydrogen) atoms. The van der Waals surface area contributed by atoms with Crippen LogP contribution < -0.4 is 0 Å². The third-order valence-corrected chi connectivity index (χ3v) is 4.25. The molecule has 3 heterocycles. The second-order valence-electron chi connectivity index (χ2n) is 5.73. The molecule has 4 rings (SSSR count). The van der Waals surface area contributed by atoms with Crippen LogP contribution in [0.15, 0.2) is 33.4 Å². The number of benzene rings is 1. The van der Waals surface area contributed by atoms with Gasteiger partial charge in [0.15, 0.2) is 5.82 Å². The van der Waals surface area contributed by atoms with Gasteiger partial charge in [-0.25, -0.2) is 0 Å². The minimum atomic E-state index is 0.269. The lowest BCUT2D eigenvalue weighted by atomic mass is 10.1. The van der Waals surface area contributed by atoms with Crippen molar-refractivity contribution in [3.05, 3.63) is 47.3 Å². The summed E-state index contributed by atoms with van der Waals surface area (Å²) < 4.78 is 16.4. The third-order valence-electron chi connectivity index (χ3n) is 4.25. The van der Waals surface area contributed by atoms with E-state index in [9.17, 15) is 0 Å². The number of hydrogen-bond acceptors (Lipinski definition) is 5. The van der Waals surface area contributed by atoms with Gasteiger partial charge in [0.05, 0.1) is 19.3 Å². The van der Waals surface area contributed by atoms with E-state index in [1.807, 2.05) is 6.07 Å². The first-order chi connectivity index (χ1) is 10.8. The van der Waals surface area contributed by atoms with E-state index in [2.05, 4.69) is 29.2 Å². The minimum absolute atomic E-state index is 0.269. The van der Waals surface area contributed by atoms with Gasteiger partial charge in [-0.2, -0.15) is 4.98 Å². The van der Waals surface area contributed by atoms with E-state index in [1.165, 1.54) is 5.56 Å². The molecule has 1 aliphatic rings. The van der Waals surface area contributed by atoms with Gasteiger partial charge in [-0.15, -0.1) is 0 Å². The van der Waals surface area contributed by atoms with Crippen molar-refractivity contribution in [3.63, 3.8) is 0 Å². The predicted molar refractivity (Wildman–Crippen MR) is 80.9 cm³/mol. The molecule has 114 valence electrons. The molecule has 5 nitrogen and oxygen atoms in total. The fourth-order valence-corrected chi connectivity index (χ4v) is 2.89. The van der Waals surface area contributed by atoms with Crippen LogP contribution in [0.25, 0.3) is 11.0 Å². The van der Waals surface area contributed by atoms with E-state index in [0.29, 0.717) is 18.9 Å². The maximum Gasteiger partial charge on any atom is 0.231 e. The highest BCUT2D eigenvalue weighted by Crippen LogP contribution is 2.26. The average molecular weight is 298 g/mol. The Labute approximate surface area is 128 Å². The number of fused-ring (bicyclic) bond motifs is 1. The van der Waals surface area contributed by atoms with Gasteiger partial charge < -0.3 is 13.7 Å². The minimum Gasteiger partial charge on any atom is -0.464 e. The molecular weight excluding hydrogens is 280 g/mol. The highest BCUT2D eigenvalue weighted by Gasteiger charge is 2.23. The molecule has 0 amide bonds. The normalized spacial score (nSPS) is 18.3. The van der Waals surface area contributed by atoms with Gasteiger partial charge in [0, 0.05) is 23.5 Å². The number of ether oxygens (including phenoxy) is 1. The summed E-state index contributed by atoms with van der Waals surface area (Å²) in [5.74, 6) is 1.66. The lowest BCUT2D eigenvalue weighted by Gasteiger charge is -1.98. The average Bonchev–Trinajstić information content (AvgIpc) is 3.27. The van der Waals surface area contributed by atoms with Crippen molar-refractivity contribution in [3.8, 4) is 0 Å². The third kappa shape index (κ3) is 2.41. The first kappa shape index (κ1) is 13.5. The lowest BCUT2D eigenvalue weighted by Crippen LogP contribution is -2.00. The van der Waals surface area contributed by atoms with Crippen LogP contribution in [-0.2, 0) is 17.6 Å². The van der Waals surface area contributed by atoms with Gasteiger partial charge in [-0.3, -0.25) is 0 Å².